The van der Waals surface area contributed by atoms with Crippen LogP contribution in [0.3, 0.4) is 0 Å². The first-order chi connectivity index (χ1) is 9.22. The number of hydrogen-bond acceptors (Lipinski definition) is 2. The largest absolute Gasteiger partial charge is 0.355 e. The molecule has 2 N–H and O–H groups in total. The highest BCUT2D eigenvalue weighted by atomic mass is 19.2. The van der Waals surface area contributed by atoms with E-state index >= 15 is 0 Å². The Morgan fingerprint density at radius 3 is 2.42 bits per heavy atom. The maximum absolute atomic E-state index is 12.1. The van der Waals surface area contributed by atoms with E-state index in [1.807, 2.05) is 30.3 Å². The van der Waals surface area contributed by atoms with Crippen LogP contribution in [0.5, 0.6) is 0 Å². The molecule has 0 aromatic heterocycles. The Hall–Kier alpha value is -1.87. The van der Waals surface area contributed by atoms with Gasteiger partial charge in [0.15, 0.2) is 0 Å². The molecule has 0 bridgehead atoms. The highest BCUT2D eigenvalue weighted by Gasteiger charge is 2.07. The van der Waals surface area contributed by atoms with Gasteiger partial charge in [-0.3, -0.25) is 0 Å². The number of para-hydroxylation sites is 1. The molecule has 0 aliphatic rings. The van der Waals surface area contributed by atoms with Gasteiger partial charge in [0, 0.05) is 17.9 Å². The third-order valence-corrected chi connectivity index (χ3v) is 3.32. The summed E-state index contributed by atoms with van der Waals surface area (Å²) in [4.78, 5) is 0. The molecule has 2 aromatic carbocycles. The first kappa shape index (κ1) is 13.6. The summed E-state index contributed by atoms with van der Waals surface area (Å²) >= 11 is 0. The van der Waals surface area contributed by atoms with Crippen molar-refractivity contribution < 1.29 is 4.48 Å². The minimum Gasteiger partial charge on any atom is -0.355 e. The highest BCUT2D eigenvalue weighted by Crippen LogP contribution is 2.27. The number of anilines is 2. The highest BCUT2D eigenvalue weighted by molar-refractivity contribution is 5.68. The van der Waals surface area contributed by atoms with Crippen molar-refractivity contribution in [3.63, 3.8) is 0 Å². The van der Waals surface area contributed by atoms with Crippen LogP contribution in [0.4, 0.5) is 15.9 Å². The second kappa shape index (κ2) is 6.34. The fourth-order valence-corrected chi connectivity index (χ4v) is 2.20. The lowest BCUT2D eigenvalue weighted by molar-refractivity contribution is 0.337. The summed E-state index contributed by atoms with van der Waals surface area (Å²) in [5.74, 6) is 0. The molecular formula is C16H19FN2. The van der Waals surface area contributed by atoms with E-state index in [1.165, 1.54) is 11.1 Å². The molecule has 0 heterocycles. The van der Waals surface area contributed by atoms with Crippen molar-refractivity contribution in [2.75, 3.05) is 11.9 Å². The lowest BCUT2D eigenvalue weighted by Gasteiger charge is -2.16. The Morgan fingerprint density at radius 1 is 1.00 bits per heavy atom. The van der Waals surface area contributed by atoms with Crippen LogP contribution in [0, 0.1) is 13.8 Å². The fraction of sp³-hybridized carbons (Fsp3) is 0.250. The summed E-state index contributed by atoms with van der Waals surface area (Å²) in [6.07, 6.45) is 0.687. The number of benzene rings is 2. The van der Waals surface area contributed by atoms with Crippen molar-refractivity contribution in [2.24, 2.45) is 0 Å². The second-order valence-corrected chi connectivity index (χ2v) is 4.67. The Bertz CT molecular complexity index is 538. The Kier molecular flexibility index (Phi) is 4.53. The van der Waals surface area contributed by atoms with Crippen LogP contribution in [-0.2, 0) is 6.42 Å². The van der Waals surface area contributed by atoms with Crippen LogP contribution in [0.1, 0.15) is 16.7 Å². The van der Waals surface area contributed by atoms with Gasteiger partial charge >= 0.3 is 0 Å². The number of hydrogen-bond donors (Lipinski definition) is 2. The van der Waals surface area contributed by atoms with E-state index < -0.39 is 0 Å². The SMILES string of the molecule is Cc1ccc(CCNF)c(C)c1Nc1ccccc1. The third-order valence-electron chi connectivity index (χ3n) is 3.32. The zero-order valence-electron chi connectivity index (χ0n) is 11.3. The Morgan fingerprint density at radius 2 is 1.74 bits per heavy atom. The number of aryl methyl sites for hydroxylation is 1. The molecule has 0 aliphatic carbocycles. The van der Waals surface area contributed by atoms with Gasteiger partial charge in [0.05, 0.1) is 0 Å². The molecule has 0 atom stereocenters. The van der Waals surface area contributed by atoms with E-state index in [4.69, 9.17) is 0 Å². The predicted molar refractivity (Wildman–Crippen MR) is 78.5 cm³/mol. The van der Waals surface area contributed by atoms with Gasteiger partial charge in [-0.05, 0) is 49.1 Å². The first-order valence-corrected chi connectivity index (χ1v) is 6.47. The van der Waals surface area contributed by atoms with E-state index in [-0.39, 0.29) is 0 Å². The van der Waals surface area contributed by atoms with Crippen LogP contribution in [0.25, 0.3) is 0 Å². The lowest BCUT2D eigenvalue weighted by Crippen LogP contribution is -2.08. The van der Waals surface area contributed by atoms with Gasteiger partial charge in [-0.1, -0.05) is 30.3 Å². The molecule has 0 radical (unpaired) electrons. The van der Waals surface area contributed by atoms with Crippen molar-refractivity contribution in [3.8, 4) is 0 Å². The molecular weight excluding hydrogens is 239 g/mol. The van der Waals surface area contributed by atoms with Crippen molar-refractivity contribution in [3.05, 3.63) is 59.2 Å². The van der Waals surface area contributed by atoms with Gasteiger partial charge in [0.25, 0.3) is 0 Å². The topological polar surface area (TPSA) is 24.1 Å². The fourth-order valence-electron chi connectivity index (χ4n) is 2.20. The lowest BCUT2D eigenvalue weighted by atomic mass is 10.00. The van der Waals surface area contributed by atoms with Crippen molar-refractivity contribution in [1.82, 2.24) is 5.54 Å². The molecule has 2 aromatic rings. The van der Waals surface area contributed by atoms with E-state index in [0.717, 1.165) is 16.9 Å². The second-order valence-electron chi connectivity index (χ2n) is 4.67. The molecule has 0 saturated heterocycles. The van der Waals surface area contributed by atoms with E-state index in [2.05, 4.69) is 31.3 Å². The normalized spacial score (nSPS) is 10.5. The zero-order valence-corrected chi connectivity index (χ0v) is 11.3. The maximum atomic E-state index is 12.1. The Labute approximate surface area is 113 Å². The monoisotopic (exact) mass is 258 g/mol. The molecule has 100 valence electrons. The third kappa shape index (κ3) is 3.32. The Balaban J connectivity index is 2.28. The standard InChI is InChI=1S/C16H19FN2/c1-12-8-9-14(10-11-18-17)13(2)16(12)19-15-6-4-3-5-7-15/h3-9,18-19H,10-11H2,1-2H3. The summed E-state index contributed by atoms with van der Waals surface area (Å²) < 4.78 is 12.1. The van der Waals surface area contributed by atoms with Gasteiger partial charge in [0.1, 0.15) is 0 Å². The van der Waals surface area contributed by atoms with Gasteiger partial charge in [-0.15, -0.1) is 4.48 Å². The number of rotatable bonds is 5. The van der Waals surface area contributed by atoms with Gasteiger partial charge in [-0.2, -0.15) is 5.54 Å². The zero-order chi connectivity index (χ0) is 13.7. The van der Waals surface area contributed by atoms with E-state index in [9.17, 15) is 4.48 Å². The van der Waals surface area contributed by atoms with Crippen molar-refractivity contribution in [1.29, 1.82) is 0 Å². The molecule has 3 heteroatoms. The van der Waals surface area contributed by atoms with Crippen LogP contribution in [0.2, 0.25) is 0 Å². The van der Waals surface area contributed by atoms with E-state index in [1.54, 1.807) is 5.54 Å². The number of nitrogens with one attached hydrogen (secondary N) is 2. The maximum Gasteiger partial charge on any atom is 0.0446 e. The van der Waals surface area contributed by atoms with Gasteiger partial charge in [-0.25, -0.2) is 0 Å². The van der Waals surface area contributed by atoms with Gasteiger partial charge in [0.2, 0.25) is 0 Å². The average Bonchev–Trinajstić information content (AvgIpc) is 2.44. The predicted octanol–water partition coefficient (Wildman–Crippen LogP) is 4.06. The molecule has 0 amide bonds. The van der Waals surface area contributed by atoms with Crippen LogP contribution in [-0.4, -0.2) is 6.54 Å². The number of halogens is 1. The van der Waals surface area contributed by atoms with Gasteiger partial charge < -0.3 is 5.32 Å². The van der Waals surface area contributed by atoms with E-state index in [0.29, 0.717) is 13.0 Å². The van der Waals surface area contributed by atoms with Crippen LogP contribution >= 0.6 is 0 Å². The van der Waals surface area contributed by atoms with Crippen LogP contribution in [0.15, 0.2) is 42.5 Å². The van der Waals surface area contributed by atoms with Crippen molar-refractivity contribution >= 4 is 11.4 Å². The summed E-state index contributed by atoms with van der Waals surface area (Å²) in [5, 5.41) is 3.44. The van der Waals surface area contributed by atoms with Crippen molar-refractivity contribution in [2.45, 2.75) is 20.3 Å². The molecule has 2 rings (SSSR count). The molecule has 2 nitrogen and oxygen atoms in total. The molecule has 0 aliphatic heterocycles. The summed E-state index contributed by atoms with van der Waals surface area (Å²) in [5.41, 5.74) is 7.42. The first-order valence-electron chi connectivity index (χ1n) is 6.47. The summed E-state index contributed by atoms with van der Waals surface area (Å²) in [6.45, 7) is 4.50. The molecule has 0 spiro atoms. The quantitative estimate of drug-likeness (QED) is 0.790. The summed E-state index contributed by atoms with van der Waals surface area (Å²) in [7, 11) is 0. The molecule has 0 fully saturated rings. The van der Waals surface area contributed by atoms with Crippen LogP contribution < -0.4 is 10.9 Å². The molecule has 19 heavy (non-hydrogen) atoms. The molecule has 0 unspecified atom stereocenters. The smallest absolute Gasteiger partial charge is 0.0446 e. The molecule has 0 saturated carbocycles. The average molecular weight is 258 g/mol. The minimum atomic E-state index is 0.342. The minimum absolute atomic E-state index is 0.342. The summed E-state index contributed by atoms with van der Waals surface area (Å²) in [6, 6.07) is 14.2.